The van der Waals surface area contributed by atoms with Crippen LogP contribution in [0, 0.1) is 0 Å². The Morgan fingerprint density at radius 1 is 1.24 bits per heavy atom. The number of para-hydroxylation sites is 1. The van der Waals surface area contributed by atoms with E-state index >= 15 is 0 Å². The van der Waals surface area contributed by atoms with Crippen molar-refractivity contribution in [3.05, 3.63) is 29.8 Å². The summed E-state index contributed by atoms with van der Waals surface area (Å²) in [5, 5.41) is 2.92. The van der Waals surface area contributed by atoms with Gasteiger partial charge in [-0.1, -0.05) is 18.2 Å². The van der Waals surface area contributed by atoms with Crippen molar-refractivity contribution in [1.29, 1.82) is 0 Å². The fraction of sp³-hybridized carbons (Fsp3) is 0.579. The van der Waals surface area contributed by atoms with Crippen LogP contribution in [0.25, 0.3) is 0 Å². The second-order valence-corrected chi connectivity index (χ2v) is 6.75. The first-order chi connectivity index (χ1) is 12.2. The number of piperidine rings is 1. The van der Waals surface area contributed by atoms with Crippen molar-refractivity contribution in [2.75, 3.05) is 26.2 Å². The molecule has 0 spiro atoms. The third-order valence-corrected chi connectivity index (χ3v) is 5.07. The van der Waals surface area contributed by atoms with Crippen LogP contribution in [0.5, 0.6) is 5.75 Å². The molecule has 3 N–H and O–H groups in total. The molecule has 2 atom stereocenters. The molecule has 0 bridgehead atoms. The number of nitrogens with two attached hydrogens (primary N) is 1. The summed E-state index contributed by atoms with van der Waals surface area (Å²) in [6.45, 7) is 2.18. The summed E-state index contributed by atoms with van der Waals surface area (Å²) in [6.07, 6.45) is 4.07. The predicted octanol–water partition coefficient (Wildman–Crippen LogP) is 1.40. The number of ether oxygens (including phenoxy) is 1. The first kappa shape index (κ1) is 17.7. The highest BCUT2D eigenvalue weighted by Crippen LogP contribution is 2.35. The summed E-state index contributed by atoms with van der Waals surface area (Å²) in [5.74, 6) is 0.785. The van der Waals surface area contributed by atoms with Crippen molar-refractivity contribution in [2.24, 2.45) is 5.73 Å². The molecule has 0 aromatic heterocycles. The van der Waals surface area contributed by atoms with Gasteiger partial charge in [0.1, 0.15) is 5.75 Å². The lowest BCUT2D eigenvalue weighted by atomic mass is 9.90. The minimum Gasteiger partial charge on any atom is -0.493 e. The molecule has 1 fully saturated rings. The number of likely N-dealkylation sites (tertiary alicyclic amines) is 1. The Hall–Kier alpha value is -2.08. The quantitative estimate of drug-likeness (QED) is 0.845. The number of hydrogen-bond donors (Lipinski definition) is 2. The first-order valence-corrected chi connectivity index (χ1v) is 9.19. The van der Waals surface area contributed by atoms with E-state index in [1.807, 2.05) is 29.2 Å². The van der Waals surface area contributed by atoms with Crippen LogP contribution in [0.3, 0.4) is 0 Å². The molecule has 2 unspecified atom stereocenters. The summed E-state index contributed by atoms with van der Waals surface area (Å²) in [6, 6.07) is 7.86. The second-order valence-electron chi connectivity index (χ2n) is 6.75. The van der Waals surface area contributed by atoms with Gasteiger partial charge in [0.25, 0.3) is 0 Å². The molecule has 1 saturated heterocycles. The molecule has 0 saturated carbocycles. The Bertz CT molecular complexity index is 620. The SMILES string of the molecule is NCCC(=O)NCC1CCCCN1C(=O)C1CCOc2ccccc21. The Kier molecular flexibility index (Phi) is 5.91. The maximum Gasteiger partial charge on any atom is 0.230 e. The van der Waals surface area contributed by atoms with Crippen molar-refractivity contribution in [3.8, 4) is 5.75 Å². The van der Waals surface area contributed by atoms with Gasteiger partial charge in [-0.25, -0.2) is 0 Å². The second kappa shape index (κ2) is 8.34. The van der Waals surface area contributed by atoms with Crippen molar-refractivity contribution in [3.63, 3.8) is 0 Å². The van der Waals surface area contributed by atoms with Crippen LogP contribution in [0.15, 0.2) is 24.3 Å². The zero-order valence-corrected chi connectivity index (χ0v) is 14.6. The minimum absolute atomic E-state index is 0.0446. The molecule has 2 amide bonds. The number of hydrogen-bond acceptors (Lipinski definition) is 4. The molecule has 3 rings (SSSR count). The molecular formula is C19H27N3O3. The molecule has 0 aliphatic carbocycles. The topological polar surface area (TPSA) is 84.7 Å². The van der Waals surface area contributed by atoms with Crippen LogP contribution in [0.1, 0.15) is 43.6 Å². The van der Waals surface area contributed by atoms with E-state index < -0.39 is 0 Å². The van der Waals surface area contributed by atoms with E-state index in [1.54, 1.807) is 0 Å². The van der Waals surface area contributed by atoms with Gasteiger partial charge in [0.2, 0.25) is 11.8 Å². The van der Waals surface area contributed by atoms with Crippen LogP contribution in [-0.4, -0.2) is 49.0 Å². The average Bonchev–Trinajstić information content (AvgIpc) is 2.66. The number of benzene rings is 1. The van der Waals surface area contributed by atoms with E-state index in [0.717, 1.165) is 37.1 Å². The number of amides is 2. The maximum atomic E-state index is 13.2. The number of nitrogens with one attached hydrogen (secondary N) is 1. The fourth-order valence-electron chi connectivity index (χ4n) is 3.75. The van der Waals surface area contributed by atoms with E-state index in [9.17, 15) is 9.59 Å². The van der Waals surface area contributed by atoms with E-state index in [4.69, 9.17) is 10.5 Å². The third kappa shape index (κ3) is 4.12. The van der Waals surface area contributed by atoms with Crippen LogP contribution >= 0.6 is 0 Å². The molecule has 25 heavy (non-hydrogen) atoms. The summed E-state index contributed by atoms with van der Waals surface area (Å²) in [5.41, 5.74) is 6.40. The molecule has 6 heteroatoms. The Morgan fingerprint density at radius 2 is 2.08 bits per heavy atom. The molecule has 2 aliphatic rings. The molecular weight excluding hydrogens is 318 g/mol. The van der Waals surface area contributed by atoms with Gasteiger partial charge >= 0.3 is 0 Å². The molecule has 1 aromatic carbocycles. The van der Waals surface area contributed by atoms with E-state index in [1.165, 1.54) is 0 Å². The summed E-state index contributed by atoms with van der Waals surface area (Å²) < 4.78 is 5.68. The minimum atomic E-state index is -0.148. The van der Waals surface area contributed by atoms with Gasteiger partial charge in [-0.3, -0.25) is 9.59 Å². The number of fused-ring (bicyclic) bond motifs is 1. The number of carbonyl (C=O) groups excluding carboxylic acids is 2. The molecule has 2 heterocycles. The lowest BCUT2D eigenvalue weighted by Gasteiger charge is -2.39. The Labute approximate surface area is 148 Å². The van der Waals surface area contributed by atoms with E-state index in [0.29, 0.717) is 32.5 Å². The monoisotopic (exact) mass is 345 g/mol. The van der Waals surface area contributed by atoms with Crippen LogP contribution in [-0.2, 0) is 9.59 Å². The molecule has 136 valence electrons. The third-order valence-electron chi connectivity index (χ3n) is 5.07. The van der Waals surface area contributed by atoms with Crippen molar-refractivity contribution < 1.29 is 14.3 Å². The van der Waals surface area contributed by atoms with Gasteiger partial charge in [-0.05, 0) is 31.7 Å². The molecule has 1 aromatic rings. The Balaban J connectivity index is 1.70. The lowest BCUT2D eigenvalue weighted by molar-refractivity contribution is -0.137. The highest BCUT2D eigenvalue weighted by molar-refractivity contribution is 5.85. The van der Waals surface area contributed by atoms with Crippen molar-refractivity contribution >= 4 is 11.8 Å². The number of carbonyl (C=O) groups is 2. The summed E-state index contributed by atoms with van der Waals surface area (Å²) in [7, 11) is 0. The van der Waals surface area contributed by atoms with Crippen LogP contribution in [0.4, 0.5) is 0 Å². The van der Waals surface area contributed by atoms with Gasteiger partial charge in [0.05, 0.1) is 12.5 Å². The highest BCUT2D eigenvalue weighted by Gasteiger charge is 2.35. The first-order valence-electron chi connectivity index (χ1n) is 9.19. The van der Waals surface area contributed by atoms with Crippen LogP contribution < -0.4 is 15.8 Å². The van der Waals surface area contributed by atoms with Crippen molar-refractivity contribution in [1.82, 2.24) is 10.2 Å². The zero-order valence-electron chi connectivity index (χ0n) is 14.6. The van der Waals surface area contributed by atoms with Crippen molar-refractivity contribution in [2.45, 2.75) is 44.1 Å². The van der Waals surface area contributed by atoms with Gasteiger partial charge in [-0.15, -0.1) is 0 Å². The number of rotatable bonds is 5. The zero-order chi connectivity index (χ0) is 17.6. The number of nitrogens with zero attached hydrogens (tertiary/aromatic N) is 1. The largest absolute Gasteiger partial charge is 0.493 e. The summed E-state index contributed by atoms with van der Waals surface area (Å²) in [4.78, 5) is 26.9. The van der Waals surface area contributed by atoms with Gasteiger partial charge < -0.3 is 20.7 Å². The maximum absolute atomic E-state index is 13.2. The average molecular weight is 345 g/mol. The summed E-state index contributed by atoms with van der Waals surface area (Å²) >= 11 is 0. The predicted molar refractivity (Wildman–Crippen MR) is 95.3 cm³/mol. The smallest absolute Gasteiger partial charge is 0.230 e. The molecule has 6 nitrogen and oxygen atoms in total. The highest BCUT2D eigenvalue weighted by atomic mass is 16.5. The lowest BCUT2D eigenvalue weighted by Crippen LogP contribution is -2.51. The fourth-order valence-corrected chi connectivity index (χ4v) is 3.75. The molecule has 0 radical (unpaired) electrons. The van der Waals surface area contributed by atoms with E-state index in [2.05, 4.69) is 5.32 Å². The van der Waals surface area contributed by atoms with Gasteiger partial charge in [0, 0.05) is 37.7 Å². The normalized spacial score (nSPS) is 22.7. The van der Waals surface area contributed by atoms with E-state index in [-0.39, 0.29) is 23.8 Å². The van der Waals surface area contributed by atoms with Crippen LogP contribution in [0.2, 0.25) is 0 Å². The standard InChI is InChI=1S/C19H27N3O3/c20-10-8-18(23)21-13-14-5-3-4-11-22(14)19(24)16-9-12-25-17-7-2-1-6-15(16)17/h1-2,6-7,14,16H,3-5,8-13,20H2,(H,21,23). The molecule has 2 aliphatic heterocycles. The van der Waals surface area contributed by atoms with Gasteiger partial charge in [-0.2, -0.15) is 0 Å². The van der Waals surface area contributed by atoms with Gasteiger partial charge in [0.15, 0.2) is 0 Å². The Morgan fingerprint density at radius 3 is 2.92 bits per heavy atom.